The van der Waals surface area contributed by atoms with Crippen LogP contribution in [0, 0.1) is 11.8 Å². The highest BCUT2D eigenvalue weighted by Gasteiger charge is 2.41. The lowest BCUT2D eigenvalue weighted by Gasteiger charge is -2.39. The van der Waals surface area contributed by atoms with E-state index in [9.17, 15) is 9.59 Å². The van der Waals surface area contributed by atoms with Gasteiger partial charge in [0.25, 0.3) is 0 Å². The molecule has 1 saturated heterocycles. The molecule has 1 aliphatic carbocycles. The van der Waals surface area contributed by atoms with E-state index in [4.69, 9.17) is 9.84 Å². The molecule has 102 valence electrons. The van der Waals surface area contributed by atoms with Crippen molar-refractivity contribution in [3.8, 4) is 0 Å². The van der Waals surface area contributed by atoms with Gasteiger partial charge < -0.3 is 14.7 Å². The Labute approximate surface area is 107 Å². The molecule has 0 aromatic heterocycles. The summed E-state index contributed by atoms with van der Waals surface area (Å²) in [5, 5.41) is 9.14. The zero-order valence-electron chi connectivity index (χ0n) is 11.0. The highest BCUT2D eigenvalue weighted by atomic mass is 16.5. The summed E-state index contributed by atoms with van der Waals surface area (Å²) in [6.45, 7) is 5.56. The Hall–Kier alpha value is -1.10. The Balaban J connectivity index is 2.04. The van der Waals surface area contributed by atoms with Crippen molar-refractivity contribution in [1.29, 1.82) is 0 Å². The lowest BCUT2D eigenvalue weighted by Crippen LogP contribution is -2.52. The second kappa shape index (κ2) is 4.88. The first-order valence-electron chi connectivity index (χ1n) is 6.56. The van der Waals surface area contributed by atoms with Gasteiger partial charge in [-0.1, -0.05) is 6.42 Å². The lowest BCUT2D eigenvalue weighted by atomic mass is 9.94. The number of carbonyl (C=O) groups excluding carboxylic acids is 1. The first-order valence-corrected chi connectivity index (χ1v) is 6.56. The van der Waals surface area contributed by atoms with E-state index in [0.29, 0.717) is 32.5 Å². The van der Waals surface area contributed by atoms with Gasteiger partial charge in [-0.3, -0.25) is 9.59 Å². The van der Waals surface area contributed by atoms with Crippen LogP contribution in [0.25, 0.3) is 0 Å². The first-order chi connectivity index (χ1) is 8.41. The number of hydrogen-bond acceptors (Lipinski definition) is 3. The fraction of sp³-hybridized carbons (Fsp3) is 0.846. The van der Waals surface area contributed by atoms with Gasteiger partial charge in [-0.25, -0.2) is 0 Å². The third kappa shape index (κ3) is 2.66. The van der Waals surface area contributed by atoms with Crippen molar-refractivity contribution in [2.45, 2.75) is 38.7 Å². The van der Waals surface area contributed by atoms with Crippen LogP contribution in [0.1, 0.15) is 33.1 Å². The number of carbonyl (C=O) groups is 2. The first kappa shape index (κ1) is 13.3. The van der Waals surface area contributed by atoms with E-state index in [-0.39, 0.29) is 17.4 Å². The van der Waals surface area contributed by atoms with E-state index in [1.807, 2.05) is 13.8 Å². The number of carboxylic acid groups (broad SMARTS) is 1. The summed E-state index contributed by atoms with van der Waals surface area (Å²) in [7, 11) is 0. The molecule has 1 saturated carbocycles. The molecule has 1 aliphatic heterocycles. The second-order valence-electron chi connectivity index (χ2n) is 5.85. The van der Waals surface area contributed by atoms with E-state index >= 15 is 0 Å². The summed E-state index contributed by atoms with van der Waals surface area (Å²) >= 11 is 0. The lowest BCUT2D eigenvalue weighted by molar-refractivity contribution is -0.156. The predicted octanol–water partition coefficient (Wildman–Crippen LogP) is 1.12. The van der Waals surface area contributed by atoms with Crippen molar-refractivity contribution in [2.24, 2.45) is 11.8 Å². The molecule has 1 heterocycles. The molecule has 18 heavy (non-hydrogen) atoms. The molecule has 0 aromatic carbocycles. The van der Waals surface area contributed by atoms with Gasteiger partial charge in [0.2, 0.25) is 5.91 Å². The number of morpholine rings is 1. The second-order valence-corrected chi connectivity index (χ2v) is 5.85. The van der Waals surface area contributed by atoms with E-state index < -0.39 is 11.9 Å². The molecule has 1 amide bonds. The van der Waals surface area contributed by atoms with E-state index in [1.165, 1.54) is 0 Å². The fourth-order valence-corrected chi connectivity index (χ4v) is 2.99. The van der Waals surface area contributed by atoms with Gasteiger partial charge in [0.05, 0.1) is 24.0 Å². The van der Waals surface area contributed by atoms with Crippen molar-refractivity contribution in [3.05, 3.63) is 0 Å². The Morgan fingerprint density at radius 2 is 1.94 bits per heavy atom. The minimum absolute atomic E-state index is 0.00345. The molecular weight excluding hydrogens is 234 g/mol. The molecule has 2 atom stereocenters. The zero-order valence-corrected chi connectivity index (χ0v) is 11.0. The average molecular weight is 255 g/mol. The van der Waals surface area contributed by atoms with Gasteiger partial charge in [0.15, 0.2) is 0 Å². The standard InChI is InChI=1S/C13H21NO4/c1-13(2)8-14(6-7-18-13)11(15)9-4-3-5-10(9)12(16)17/h9-10H,3-8H2,1-2H3,(H,16,17)/t9-,10+/m1/s1. The summed E-state index contributed by atoms with van der Waals surface area (Å²) in [6, 6.07) is 0. The zero-order chi connectivity index (χ0) is 13.3. The number of amides is 1. The molecule has 0 unspecified atom stereocenters. The molecule has 0 bridgehead atoms. The Bertz CT molecular complexity index is 353. The van der Waals surface area contributed by atoms with Crippen LogP contribution in [0.2, 0.25) is 0 Å². The van der Waals surface area contributed by atoms with Crippen molar-refractivity contribution in [1.82, 2.24) is 4.90 Å². The van der Waals surface area contributed by atoms with Gasteiger partial charge in [-0.05, 0) is 26.7 Å². The summed E-state index contributed by atoms with van der Waals surface area (Å²) in [4.78, 5) is 25.3. The van der Waals surface area contributed by atoms with Gasteiger partial charge in [0.1, 0.15) is 0 Å². The quantitative estimate of drug-likeness (QED) is 0.803. The van der Waals surface area contributed by atoms with Crippen LogP contribution in [0.5, 0.6) is 0 Å². The third-order valence-electron chi connectivity index (χ3n) is 3.89. The minimum Gasteiger partial charge on any atom is -0.481 e. The van der Waals surface area contributed by atoms with Gasteiger partial charge in [-0.15, -0.1) is 0 Å². The highest BCUT2D eigenvalue weighted by Crippen LogP contribution is 2.34. The maximum absolute atomic E-state index is 12.4. The van der Waals surface area contributed by atoms with Crippen LogP contribution >= 0.6 is 0 Å². The molecule has 5 nitrogen and oxygen atoms in total. The van der Waals surface area contributed by atoms with Crippen molar-refractivity contribution < 1.29 is 19.4 Å². The summed E-state index contributed by atoms with van der Waals surface area (Å²) in [5.41, 5.74) is -0.328. The molecule has 5 heteroatoms. The third-order valence-corrected chi connectivity index (χ3v) is 3.89. The number of carboxylic acids is 1. The minimum atomic E-state index is -0.835. The van der Waals surface area contributed by atoms with Gasteiger partial charge >= 0.3 is 5.97 Å². The average Bonchev–Trinajstić information content (AvgIpc) is 2.75. The Kier molecular flexibility index (Phi) is 3.61. The largest absolute Gasteiger partial charge is 0.481 e. The summed E-state index contributed by atoms with van der Waals surface area (Å²) in [5.74, 6) is -1.67. The molecule has 2 fully saturated rings. The maximum Gasteiger partial charge on any atom is 0.307 e. The monoisotopic (exact) mass is 255 g/mol. The SMILES string of the molecule is CC1(C)CN(C(=O)[C@@H]2CCC[C@@H]2C(=O)O)CCO1. The molecule has 2 rings (SSSR count). The fourth-order valence-electron chi connectivity index (χ4n) is 2.99. The normalized spacial score (nSPS) is 31.3. The molecule has 0 spiro atoms. The Morgan fingerprint density at radius 3 is 2.56 bits per heavy atom. The summed E-state index contributed by atoms with van der Waals surface area (Å²) in [6.07, 6.45) is 2.16. The number of aliphatic carboxylic acids is 1. The number of nitrogens with zero attached hydrogens (tertiary/aromatic N) is 1. The molecule has 0 aromatic rings. The molecular formula is C13H21NO4. The van der Waals surface area contributed by atoms with Crippen LogP contribution in [-0.4, -0.2) is 47.2 Å². The Morgan fingerprint density at radius 1 is 1.28 bits per heavy atom. The van der Waals surface area contributed by atoms with Crippen molar-refractivity contribution in [3.63, 3.8) is 0 Å². The number of ether oxygens (including phenoxy) is 1. The maximum atomic E-state index is 12.4. The van der Waals surface area contributed by atoms with E-state index in [0.717, 1.165) is 6.42 Å². The van der Waals surface area contributed by atoms with Gasteiger partial charge in [-0.2, -0.15) is 0 Å². The van der Waals surface area contributed by atoms with Crippen molar-refractivity contribution >= 4 is 11.9 Å². The topological polar surface area (TPSA) is 66.8 Å². The van der Waals surface area contributed by atoms with Crippen LogP contribution in [0.15, 0.2) is 0 Å². The highest BCUT2D eigenvalue weighted by molar-refractivity contribution is 5.85. The van der Waals surface area contributed by atoms with Gasteiger partial charge in [0, 0.05) is 13.1 Å². The predicted molar refractivity (Wildman–Crippen MR) is 65.1 cm³/mol. The molecule has 0 radical (unpaired) electrons. The molecule has 2 aliphatic rings. The van der Waals surface area contributed by atoms with Crippen LogP contribution in [0.3, 0.4) is 0 Å². The van der Waals surface area contributed by atoms with Crippen LogP contribution < -0.4 is 0 Å². The number of hydrogen-bond donors (Lipinski definition) is 1. The van der Waals surface area contributed by atoms with Crippen molar-refractivity contribution in [2.75, 3.05) is 19.7 Å². The van der Waals surface area contributed by atoms with E-state index in [1.54, 1.807) is 4.90 Å². The summed E-state index contributed by atoms with van der Waals surface area (Å²) < 4.78 is 5.57. The van der Waals surface area contributed by atoms with Crippen LogP contribution in [0.4, 0.5) is 0 Å². The van der Waals surface area contributed by atoms with E-state index in [2.05, 4.69) is 0 Å². The smallest absolute Gasteiger partial charge is 0.307 e. The van der Waals surface area contributed by atoms with Crippen LogP contribution in [-0.2, 0) is 14.3 Å². The molecule has 1 N–H and O–H groups in total. The number of rotatable bonds is 2.